The van der Waals surface area contributed by atoms with Gasteiger partial charge in [-0.25, -0.2) is 0 Å². The molecule has 5 nitrogen and oxygen atoms in total. The number of carbonyl (C=O) groups is 1. The molecule has 1 aromatic heterocycles. The molecule has 0 radical (unpaired) electrons. The van der Waals surface area contributed by atoms with Gasteiger partial charge in [-0.1, -0.05) is 6.92 Å². The Kier molecular flexibility index (Phi) is 2.74. The Morgan fingerprint density at radius 3 is 2.95 bits per heavy atom. The van der Waals surface area contributed by atoms with E-state index in [0.717, 1.165) is 24.8 Å². The zero-order chi connectivity index (χ0) is 13.6. The van der Waals surface area contributed by atoms with E-state index in [1.165, 1.54) is 0 Å². The number of nitrogens with one attached hydrogen (secondary N) is 1. The van der Waals surface area contributed by atoms with E-state index >= 15 is 0 Å². The maximum Gasteiger partial charge on any atom is 0.260 e. The maximum absolute atomic E-state index is 12.4. The summed E-state index contributed by atoms with van der Waals surface area (Å²) < 4.78 is 0. The van der Waals surface area contributed by atoms with E-state index in [-0.39, 0.29) is 22.6 Å². The summed E-state index contributed by atoms with van der Waals surface area (Å²) in [5.41, 5.74) is 6.92. The summed E-state index contributed by atoms with van der Waals surface area (Å²) in [6, 6.07) is 1.70. The molecule has 102 valence electrons. The lowest BCUT2D eigenvalue weighted by atomic mass is 9.70. The van der Waals surface area contributed by atoms with Crippen LogP contribution in [0.15, 0.2) is 17.1 Å². The number of hydrogen-bond acceptors (Lipinski definition) is 3. The molecule has 19 heavy (non-hydrogen) atoms. The number of nitrogens with two attached hydrogens (primary N) is 1. The number of amides is 1. The van der Waals surface area contributed by atoms with Gasteiger partial charge in [0, 0.05) is 24.8 Å². The molecule has 1 aromatic rings. The molecule has 1 amide bonds. The fourth-order valence-corrected chi connectivity index (χ4v) is 3.10. The molecule has 3 rings (SSSR count). The van der Waals surface area contributed by atoms with Crippen molar-refractivity contribution in [2.45, 2.75) is 31.7 Å². The summed E-state index contributed by atoms with van der Waals surface area (Å²) in [5, 5.41) is 0. The lowest BCUT2D eigenvalue weighted by Crippen LogP contribution is -2.54. The average Bonchev–Trinajstić information content (AvgIpc) is 2.63. The van der Waals surface area contributed by atoms with Crippen LogP contribution in [0.3, 0.4) is 0 Å². The summed E-state index contributed by atoms with van der Waals surface area (Å²) in [5.74, 6) is 0.223. The summed E-state index contributed by atoms with van der Waals surface area (Å²) in [6.45, 7) is 3.25. The molecule has 0 aromatic carbocycles. The molecule has 0 spiro atoms. The standard InChI is InChI=1S/C14H19N3O2/c1-2-9-5-11(12(18)16-6-9)13(19)17-7-10-3-4-14(10,15)8-17/h5-6,10H,2-4,7-8,15H2,1H3,(H,16,18)/t10-,14-/m0/s1. The molecule has 1 saturated heterocycles. The second-order valence-corrected chi connectivity index (χ2v) is 5.76. The molecule has 2 atom stereocenters. The van der Waals surface area contributed by atoms with Crippen molar-refractivity contribution in [3.05, 3.63) is 33.7 Å². The van der Waals surface area contributed by atoms with Crippen LogP contribution in [0.1, 0.15) is 35.7 Å². The van der Waals surface area contributed by atoms with Crippen LogP contribution in [-0.2, 0) is 6.42 Å². The molecule has 5 heteroatoms. The van der Waals surface area contributed by atoms with E-state index in [4.69, 9.17) is 5.73 Å². The Hall–Kier alpha value is -1.62. The summed E-state index contributed by atoms with van der Waals surface area (Å²) in [6.07, 6.45) is 4.52. The first-order valence-corrected chi connectivity index (χ1v) is 6.83. The van der Waals surface area contributed by atoms with Crippen molar-refractivity contribution in [2.24, 2.45) is 11.7 Å². The van der Waals surface area contributed by atoms with Crippen molar-refractivity contribution in [2.75, 3.05) is 13.1 Å². The topological polar surface area (TPSA) is 79.2 Å². The summed E-state index contributed by atoms with van der Waals surface area (Å²) in [4.78, 5) is 28.6. The summed E-state index contributed by atoms with van der Waals surface area (Å²) in [7, 11) is 0. The van der Waals surface area contributed by atoms with Crippen LogP contribution in [0.4, 0.5) is 0 Å². The molecular weight excluding hydrogens is 242 g/mol. The quantitative estimate of drug-likeness (QED) is 0.813. The maximum atomic E-state index is 12.4. The van der Waals surface area contributed by atoms with E-state index in [0.29, 0.717) is 19.0 Å². The van der Waals surface area contributed by atoms with Crippen LogP contribution in [0.5, 0.6) is 0 Å². The minimum atomic E-state index is -0.312. The molecule has 3 N–H and O–H groups in total. The molecule has 0 unspecified atom stereocenters. The highest BCUT2D eigenvalue weighted by Gasteiger charge is 2.51. The Bertz CT molecular complexity index is 580. The molecular formula is C14H19N3O2. The van der Waals surface area contributed by atoms with Crippen LogP contribution >= 0.6 is 0 Å². The number of aromatic nitrogens is 1. The van der Waals surface area contributed by atoms with Crippen molar-refractivity contribution in [1.29, 1.82) is 0 Å². The number of fused-ring (bicyclic) bond motifs is 1. The number of carbonyl (C=O) groups excluding carboxylic acids is 1. The average molecular weight is 261 g/mol. The first-order chi connectivity index (χ1) is 9.03. The van der Waals surface area contributed by atoms with Gasteiger partial charge in [-0.2, -0.15) is 0 Å². The predicted molar refractivity (Wildman–Crippen MR) is 72.0 cm³/mol. The van der Waals surface area contributed by atoms with E-state index in [1.54, 1.807) is 17.2 Å². The highest BCUT2D eigenvalue weighted by Crippen LogP contribution is 2.42. The number of aromatic amines is 1. The third kappa shape index (κ3) is 1.89. The molecule has 2 heterocycles. The highest BCUT2D eigenvalue weighted by atomic mass is 16.2. The summed E-state index contributed by atoms with van der Waals surface area (Å²) >= 11 is 0. The lowest BCUT2D eigenvalue weighted by Gasteiger charge is -2.39. The van der Waals surface area contributed by atoms with Gasteiger partial charge in [0.25, 0.3) is 11.5 Å². The SMILES string of the molecule is CCc1c[nH]c(=O)c(C(=O)N2C[C@@H]3CC[C@]3(N)C2)c1. The van der Waals surface area contributed by atoms with Gasteiger partial charge in [-0.15, -0.1) is 0 Å². The minimum Gasteiger partial charge on any atom is -0.336 e. The number of rotatable bonds is 2. The molecule has 2 fully saturated rings. The van der Waals surface area contributed by atoms with Gasteiger partial charge >= 0.3 is 0 Å². The van der Waals surface area contributed by atoms with Gasteiger partial charge < -0.3 is 15.6 Å². The first kappa shape index (κ1) is 12.4. The number of pyridine rings is 1. The van der Waals surface area contributed by atoms with Gasteiger partial charge in [0.1, 0.15) is 5.56 Å². The second kappa shape index (κ2) is 4.20. The first-order valence-electron chi connectivity index (χ1n) is 6.83. The van der Waals surface area contributed by atoms with Crippen LogP contribution < -0.4 is 11.3 Å². The van der Waals surface area contributed by atoms with E-state index in [1.807, 2.05) is 6.92 Å². The van der Waals surface area contributed by atoms with Crippen molar-refractivity contribution < 1.29 is 4.79 Å². The van der Waals surface area contributed by atoms with Gasteiger partial charge in [0.05, 0.1) is 0 Å². The van der Waals surface area contributed by atoms with Crippen molar-refractivity contribution in [3.8, 4) is 0 Å². The fourth-order valence-electron chi connectivity index (χ4n) is 3.10. The number of H-pyrrole nitrogens is 1. The van der Waals surface area contributed by atoms with Crippen LogP contribution in [-0.4, -0.2) is 34.4 Å². The molecule has 1 aliphatic heterocycles. The number of hydrogen-bond donors (Lipinski definition) is 2. The van der Waals surface area contributed by atoms with Crippen LogP contribution in [0, 0.1) is 5.92 Å². The third-order valence-electron chi connectivity index (χ3n) is 4.59. The number of aryl methyl sites for hydroxylation is 1. The molecule has 1 saturated carbocycles. The number of nitrogens with zero attached hydrogens (tertiary/aromatic N) is 1. The highest BCUT2D eigenvalue weighted by molar-refractivity contribution is 5.94. The molecule has 0 bridgehead atoms. The Morgan fingerprint density at radius 1 is 1.63 bits per heavy atom. The van der Waals surface area contributed by atoms with Crippen molar-refractivity contribution in [1.82, 2.24) is 9.88 Å². The van der Waals surface area contributed by atoms with E-state index < -0.39 is 0 Å². The Morgan fingerprint density at radius 2 is 2.42 bits per heavy atom. The minimum absolute atomic E-state index is 0.184. The Labute approximate surface area is 111 Å². The van der Waals surface area contributed by atoms with Gasteiger partial charge in [-0.3, -0.25) is 9.59 Å². The van der Waals surface area contributed by atoms with Crippen LogP contribution in [0.25, 0.3) is 0 Å². The van der Waals surface area contributed by atoms with Crippen LogP contribution in [0.2, 0.25) is 0 Å². The zero-order valence-corrected chi connectivity index (χ0v) is 11.1. The number of likely N-dealkylation sites (tertiary alicyclic amines) is 1. The lowest BCUT2D eigenvalue weighted by molar-refractivity contribution is 0.0783. The van der Waals surface area contributed by atoms with E-state index in [9.17, 15) is 9.59 Å². The van der Waals surface area contributed by atoms with Crippen molar-refractivity contribution in [3.63, 3.8) is 0 Å². The zero-order valence-electron chi connectivity index (χ0n) is 11.1. The largest absolute Gasteiger partial charge is 0.336 e. The van der Waals surface area contributed by atoms with Gasteiger partial charge in [-0.05, 0) is 36.8 Å². The smallest absolute Gasteiger partial charge is 0.260 e. The van der Waals surface area contributed by atoms with E-state index in [2.05, 4.69) is 4.98 Å². The third-order valence-corrected chi connectivity index (χ3v) is 4.59. The van der Waals surface area contributed by atoms with Crippen molar-refractivity contribution >= 4 is 5.91 Å². The fraction of sp³-hybridized carbons (Fsp3) is 0.571. The molecule has 2 aliphatic rings. The van der Waals surface area contributed by atoms with Gasteiger partial charge in [0.2, 0.25) is 0 Å². The monoisotopic (exact) mass is 261 g/mol. The normalized spacial score (nSPS) is 28.9. The van der Waals surface area contributed by atoms with Gasteiger partial charge in [0.15, 0.2) is 0 Å². The predicted octanol–water partition coefficient (Wildman–Crippen LogP) is 0.501. The second-order valence-electron chi connectivity index (χ2n) is 5.76. The Balaban J connectivity index is 1.87. The molecule has 1 aliphatic carbocycles.